The van der Waals surface area contributed by atoms with Crippen molar-refractivity contribution < 1.29 is 24.2 Å². The normalized spacial score (nSPS) is 24.4. The number of rotatable bonds is 3. The van der Waals surface area contributed by atoms with E-state index in [4.69, 9.17) is 4.74 Å². The molecule has 122 valence electrons. The molecule has 0 aromatic rings. The first kappa shape index (κ1) is 17.8. The van der Waals surface area contributed by atoms with Crippen LogP contribution in [0.15, 0.2) is 0 Å². The number of hydrogen-bond donors (Lipinski definition) is 1. The van der Waals surface area contributed by atoms with E-state index in [9.17, 15) is 14.7 Å². The van der Waals surface area contributed by atoms with Crippen molar-refractivity contribution in [3.05, 3.63) is 0 Å². The number of amides is 1. The molecule has 1 aliphatic heterocycles. The molecule has 1 fully saturated rings. The van der Waals surface area contributed by atoms with E-state index in [2.05, 4.69) is 4.74 Å². The first-order chi connectivity index (χ1) is 9.64. The summed E-state index contributed by atoms with van der Waals surface area (Å²) < 4.78 is 9.89. The summed E-state index contributed by atoms with van der Waals surface area (Å²) in [5.74, 6) is -0.208. The van der Waals surface area contributed by atoms with Crippen molar-refractivity contribution in [1.29, 1.82) is 0 Å². The highest BCUT2D eigenvalue weighted by molar-refractivity contribution is 5.74. The van der Waals surface area contributed by atoms with Crippen LogP contribution >= 0.6 is 0 Å². The molecule has 21 heavy (non-hydrogen) atoms. The second-order valence-electron chi connectivity index (χ2n) is 6.73. The minimum atomic E-state index is -1.09. The predicted octanol–water partition coefficient (Wildman–Crippen LogP) is 1.80. The molecule has 6 nitrogen and oxygen atoms in total. The van der Waals surface area contributed by atoms with Crippen LogP contribution in [0.1, 0.15) is 40.5 Å². The lowest BCUT2D eigenvalue weighted by atomic mass is 9.83. The van der Waals surface area contributed by atoms with Crippen LogP contribution in [0.25, 0.3) is 0 Å². The van der Waals surface area contributed by atoms with Crippen molar-refractivity contribution in [1.82, 2.24) is 4.90 Å². The summed E-state index contributed by atoms with van der Waals surface area (Å²) in [6.45, 7) is 8.70. The molecule has 0 saturated carbocycles. The van der Waals surface area contributed by atoms with Gasteiger partial charge in [-0.1, -0.05) is 6.92 Å². The van der Waals surface area contributed by atoms with Crippen LogP contribution in [0.5, 0.6) is 0 Å². The van der Waals surface area contributed by atoms with Gasteiger partial charge in [0.25, 0.3) is 0 Å². The lowest BCUT2D eigenvalue weighted by Crippen LogP contribution is -2.46. The van der Waals surface area contributed by atoms with E-state index in [-0.39, 0.29) is 17.9 Å². The van der Waals surface area contributed by atoms with Crippen LogP contribution in [-0.2, 0) is 14.3 Å². The average Bonchev–Trinajstić information content (AvgIpc) is 2.37. The number of ether oxygens (including phenoxy) is 2. The first-order valence-corrected chi connectivity index (χ1v) is 7.38. The second-order valence-corrected chi connectivity index (χ2v) is 6.73. The van der Waals surface area contributed by atoms with Crippen LogP contribution in [0.4, 0.5) is 4.79 Å². The zero-order valence-corrected chi connectivity index (χ0v) is 13.6. The van der Waals surface area contributed by atoms with Gasteiger partial charge in [-0.2, -0.15) is 0 Å². The van der Waals surface area contributed by atoms with E-state index < -0.39 is 17.7 Å². The topological polar surface area (TPSA) is 76.1 Å². The van der Waals surface area contributed by atoms with Gasteiger partial charge < -0.3 is 19.5 Å². The first-order valence-electron chi connectivity index (χ1n) is 7.38. The minimum absolute atomic E-state index is 0.192. The molecule has 6 heteroatoms. The number of carbonyl (C=O) groups is 2. The van der Waals surface area contributed by atoms with Gasteiger partial charge in [0.2, 0.25) is 0 Å². The Morgan fingerprint density at radius 2 is 2.00 bits per heavy atom. The molecule has 0 spiro atoms. The van der Waals surface area contributed by atoms with Gasteiger partial charge in [-0.05, 0) is 45.4 Å². The van der Waals surface area contributed by atoms with Gasteiger partial charge in [-0.15, -0.1) is 0 Å². The summed E-state index contributed by atoms with van der Waals surface area (Å²) in [4.78, 5) is 25.0. The van der Waals surface area contributed by atoms with Gasteiger partial charge in [0.15, 0.2) is 6.10 Å². The van der Waals surface area contributed by atoms with Crippen molar-refractivity contribution in [2.75, 3.05) is 20.2 Å². The number of aliphatic hydroxyl groups is 1. The number of esters is 1. The van der Waals surface area contributed by atoms with Gasteiger partial charge in [-0.3, -0.25) is 0 Å². The maximum Gasteiger partial charge on any atom is 0.410 e. The van der Waals surface area contributed by atoms with Crippen LogP contribution in [0, 0.1) is 11.8 Å². The number of piperidine rings is 1. The highest BCUT2D eigenvalue weighted by atomic mass is 16.6. The Hall–Kier alpha value is -1.30. The Morgan fingerprint density at radius 1 is 1.38 bits per heavy atom. The lowest BCUT2D eigenvalue weighted by Gasteiger charge is -2.38. The highest BCUT2D eigenvalue weighted by Crippen LogP contribution is 2.28. The molecule has 0 radical (unpaired) electrons. The fourth-order valence-electron chi connectivity index (χ4n) is 2.56. The maximum atomic E-state index is 12.0. The molecule has 1 N–H and O–H groups in total. The molecule has 1 heterocycles. The quantitative estimate of drug-likeness (QED) is 0.804. The van der Waals surface area contributed by atoms with E-state index in [0.29, 0.717) is 19.5 Å². The van der Waals surface area contributed by atoms with E-state index in [0.717, 1.165) is 6.42 Å². The zero-order valence-electron chi connectivity index (χ0n) is 13.6. The Morgan fingerprint density at radius 3 is 2.48 bits per heavy atom. The third-order valence-corrected chi connectivity index (χ3v) is 3.73. The van der Waals surface area contributed by atoms with Crippen molar-refractivity contribution in [3.63, 3.8) is 0 Å². The zero-order chi connectivity index (χ0) is 16.2. The summed E-state index contributed by atoms with van der Waals surface area (Å²) in [5.41, 5.74) is -0.502. The van der Waals surface area contributed by atoms with E-state index >= 15 is 0 Å². The molecule has 1 aliphatic rings. The average molecular weight is 301 g/mol. The standard InChI is InChI=1S/C15H27NO5/c1-10-9-16(14(19)21-15(2,3)4)7-6-11(10)8-12(17)13(18)20-5/h10-12,17H,6-9H2,1-5H3. The molecular formula is C15H27NO5. The van der Waals surface area contributed by atoms with Crippen molar-refractivity contribution in [2.45, 2.75) is 52.2 Å². The molecule has 0 aromatic heterocycles. The minimum Gasteiger partial charge on any atom is -0.467 e. The van der Waals surface area contributed by atoms with E-state index in [1.807, 2.05) is 27.7 Å². The van der Waals surface area contributed by atoms with Crippen LogP contribution < -0.4 is 0 Å². The highest BCUT2D eigenvalue weighted by Gasteiger charge is 2.33. The molecule has 0 aliphatic carbocycles. The summed E-state index contributed by atoms with van der Waals surface area (Å²) in [6.07, 6.45) is -0.276. The van der Waals surface area contributed by atoms with Crippen molar-refractivity contribution in [3.8, 4) is 0 Å². The Kier molecular flexibility index (Phi) is 6.01. The fourth-order valence-corrected chi connectivity index (χ4v) is 2.56. The van der Waals surface area contributed by atoms with Gasteiger partial charge >= 0.3 is 12.1 Å². The van der Waals surface area contributed by atoms with Gasteiger partial charge in [0.05, 0.1) is 7.11 Å². The van der Waals surface area contributed by atoms with Crippen LogP contribution in [0.3, 0.4) is 0 Å². The van der Waals surface area contributed by atoms with Crippen LogP contribution in [-0.4, -0.2) is 54.0 Å². The SMILES string of the molecule is COC(=O)C(O)CC1CCN(C(=O)OC(C)(C)C)CC1C. The molecule has 1 rings (SSSR count). The molecule has 1 saturated heterocycles. The van der Waals surface area contributed by atoms with Crippen molar-refractivity contribution in [2.24, 2.45) is 11.8 Å². The van der Waals surface area contributed by atoms with Gasteiger partial charge in [-0.25, -0.2) is 9.59 Å². The lowest BCUT2D eigenvalue weighted by molar-refractivity contribution is -0.151. The largest absolute Gasteiger partial charge is 0.467 e. The monoisotopic (exact) mass is 301 g/mol. The summed E-state index contributed by atoms with van der Waals surface area (Å²) in [5, 5.41) is 9.74. The molecule has 3 atom stereocenters. The Labute approximate surface area is 126 Å². The maximum absolute atomic E-state index is 12.0. The Balaban J connectivity index is 2.50. The predicted molar refractivity (Wildman–Crippen MR) is 77.7 cm³/mol. The van der Waals surface area contributed by atoms with Crippen LogP contribution in [0.2, 0.25) is 0 Å². The Bertz CT molecular complexity index is 377. The number of hydrogen-bond acceptors (Lipinski definition) is 5. The fraction of sp³-hybridized carbons (Fsp3) is 0.867. The number of aliphatic hydroxyl groups excluding tert-OH is 1. The van der Waals surface area contributed by atoms with Gasteiger partial charge in [0.1, 0.15) is 5.60 Å². The van der Waals surface area contributed by atoms with Crippen molar-refractivity contribution >= 4 is 12.1 Å². The summed E-state index contributed by atoms with van der Waals surface area (Å²) >= 11 is 0. The third-order valence-electron chi connectivity index (χ3n) is 3.73. The molecule has 3 unspecified atom stereocenters. The summed E-state index contributed by atoms with van der Waals surface area (Å²) in [6, 6.07) is 0. The molecule has 1 amide bonds. The number of likely N-dealkylation sites (tertiary alicyclic amines) is 1. The number of carbonyl (C=O) groups excluding carboxylic acids is 2. The molecule has 0 bridgehead atoms. The third kappa shape index (κ3) is 5.53. The van der Waals surface area contributed by atoms with E-state index in [1.54, 1.807) is 4.90 Å². The smallest absolute Gasteiger partial charge is 0.410 e. The second kappa shape index (κ2) is 7.11. The van der Waals surface area contributed by atoms with E-state index in [1.165, 1.54) is 7.11 Å². The number of nitrogens with zero attached hydrogens (tertiary/aromatic N) is 1. The number of methoxy groups -OCH3 is 1. The molecular weight excluding hydrogens is 274 g/mol. The summed E-state index contributed by atoms with van der Waals surface area (Å²) in [7, 11) is 1.26. The van der Waals surface area contributed by atoms with Gasteiger partial charge in [0, 0.05) is 13.1 Å². The molecule has 0 aromatic carbocycles.